The Morgan fingerprint density at radius 1 is 0.824 bits per heavy atom. The molecule has 0 aliphatic carbocycles. The van der Waals surface area contributed by atoms with E-state index in [1.165, 1.54) is 11.3 Å². The zero-order valence-electron chi connectivity index (χ0n) is 28.3. The Balaban J connectivity index is 1.39. The van der Waals surface area contributed by atoms with Crippen molar-refractivity contribution < 1.29 is 28.5 Å². The quantitative estimate of drug-likeness (QED) is 0.131. The molecular formula is C40H35ClN2O7S. The van der Waals surface area contributed by atoms with Gasteiger partial charge in [-0.15, -0.1) is 0 Å². The van der Waals surface area contributed by atoms with Gasteiger partial charge in [0.2, 0.25) is 0 Å². The van der Waals surface area contributed by atoms with E-state index in [2.05, 4.69) is 0 Å². The highest BCUT2D eigenvalue weighted by Crippen LogP contribution is 2.36. The molecule has 0 bridgehead atoms. The number of hydrogen-bond donors (Lipinski definition) is 0. The Kier molecular flexibility index (Phi) is 11.1. The second-order valence-corrected chi connectivity index (χ2v) is 12.8. The third-order valence-electron chi connectivity index (χ3n) is 7.98. The Morgan fingerprint density at radius 3 is 2.22 bits per heavy atom. The third kappa shape index (κ3) is 7.82. The summed E-state index contributed by atoms with van der Waals surface area (Å²) in [4.78, 5) is 45.3. The molecular weight excluding hydrogens is 688 g/mol. The standard InChI is InChI=1S/C40H35ClN2O7S/c1-4-47-32-22-26(14-21-31(32)50-24-25-12-15-29(16-13-25)38(45)48-5-2)23-33-37(44)43-36(28-17-19-30(41)20-18-28)34(39(46)49-6-3)35(42-40(43)51-33)27-10-8-7-9-11-27/h7-23,36H,4-6,24H2,1-3H3/b33-23-/t36-/m1/s1. The van der Waals surface area contributed by atoms with Crippen LogP contribution in [0, 0.1) is 0 Å². The van der Waals surface area contributed by atoms with Crippen LogP contribution in [-0.4, -0.2) is 36.3 Å². The molecule has 0 spiro atoms. The van der Waals surface area contributed by atoms with Gasteiger partial charge in [-0.05, 0) is 79.9 Å². The van der Waals surface area contributed by atoms with E-state index >= 15 is 0 Å². The van der Waals surface area contributed by atoms with Crippen LogP contribution in [0.4, 0.5) is 0 Å². The molecule has 0 saturated heterocycles. The van der Waals surface area contributed by atoms with Crippen LogP contribution in [0.1, 0.15) is 59.4 Å². The predicted molar refractivity (Wildman–Crippen MR) is 197 cm³/mol. The first-order valence-corrected chi connectivity index (χ1v) is 17.7. The molecule has 0 unspecified atom stereocenters. The van der Waals surface area contributed by atoms with Crippen LogP contribution in [0.15, 0.2) is 112 Å². The first-order valence-electron chi connectivity index (χ1n) is 16.5. The van der Waals surface area contributed by atoms with E-state index in [4.69, 9.17) is 35.5 Å². The first kappa shape index (κ1) is 35.4. The van der Waals surface area contributed by atoms with Crippen molar-refractivity contribution in [1.29, 1.82) is 0 Å². The van der Waals surface area contributed by atoms with Crippen LogP contribution in [-0.2, 0) is 20.9 Å². The number of carbonyl (C=O) groups is 2. The number of ether oxygens (including phenoxy) is 4. The molecule has 0 radical (unpaired) electrons. The van der Waals surface area contributed by atoms with E-state index in [-0.39, 0.29) is 30.3 Å². The SMILES string of the molecule is CCOC(=O)C1=C(c2ccccc2)N=c2s/c(=C\c3ccc(OCc4ccc(C(=O)OCC)cc4)c(OCC)c3)c(=O)n2[C@@H]1c1ccc(Cl)cc1. The summed E-state index contributed by atoms with van der Waals surface area (Å²) < 4.78 is 24.6. The topological polar surface area (TPSA) is 105 Å². The molecule has 6 rings (SSSR count). The number of fused-ring (bicyclic) bond motifs is 1. The molecule has 0 fully saturated rings. The lowest BCUT2D eigenvalue weighted by molar-refractivity contribution is -0.138. The number of halogens is 1. The fourth-order valence-corrected chi connectivity index (χ4v) is 6.79. The molecule has 0 saturated carbocycles. The van der Waals surface area contributed by atoms with E-state index in [9.17, 15) is 14.4 Å². The molecule has 1 aromatic heterocycles. The highest BCUT2D eigenvalue weighted by atomic mass is 35.5. The van der Waals surface area contributed by atoms with Crippen LogP contribution in [0.5, 0.6) is 11.5 Å². The lowest BCUT2D eigenvalue weighted by Crippen LogP contribution is -2.40. The maximum atomic E-state index is 14.3. The van der Waals surface area contributed by atoms with Gasteiger partial charge in [-0.1, -0.05) is 83.6 Å². The number of benzene rings is 4. The Labute approximate surface area is 303 Å². The van der Waals surface area contributed by atoms with Crippen LogP contribution in [0.3, 0.4) is 0 Å². The largest absolute Gasteiger partial charge is 0.490 e. The molecule has 1 aliphatic rings. The summed E-state index contributed by atoms with van der Waals surface area (Å²) in [6.45, 7) is 6.50. The van der Waals surface area contributed by atoms with Crippen LogP contribution < -0.4 is 24.4 Å². The van der Waals surface area contributed by atoms with Crippen LogP contribution in [0.2, 0.25) is 5.02 Å². The van der Waals surface area contributed by atoms with Gasteiger partial charge in [0.1, 0.15) is 6.61 Å². The fraction of sp³-hybridized carbons (Fsp3) is 0.200. The maximum absolute atomic E-state index is 14.3. The number of carbonyl (C=O) groups excluding carboxylic acids is 2. The minimum Gasteiger partial charge on any atom is -0.490 e. The number of nitrogens with zero attached hydrogens (tertiary/aromatic N) is 2. The predicted octanol–water partition coefficient (Wildman–Crippen LogP) is 6.74. The molecule has 260 valence electrons. The Morgan fingerprint density at radius 2 is 1.53 bits per heavy atom. The van der Waals surface area contributed by atoms with Gasteiger partial charge in [-0.25, -0.2) is 14.6 Å². The zero-order chi connectivity index (χ0) is 35.9. The van der Waals surface area contributed by atoms with Crippen molar-refractivity contribution in [3.8, 4) is 11.5 Å². The summed E-state index contributed by atoms with van der Waals surface area (Å²) in [5.74, 6) is 0.112. The number of hydrogen-bond acceptors (Lipinski definition) is 9. The summed E-state index contributed by atoms with van der Waals surface area (Å²) in [6.07, 6.45) is 1.78. The molecule has 1 atom stereocenters. The highest BCUT2D eigenvalue weighted by molar-refractivity contribution is 7.07. The molecule has 1 aliphatic heterocycles. The van der Waals surface area contributed by atoms with Crippen molar-refractivity contribution in [2.24, 2.45) is 4.99 Å². The van der Waals surface area contributed by atoms with Gasteiger partial charge in [-0.2, -0.15) is 0 Å². The molecule has 0 N–H and O–H groups in total. The average molecular weight is 723 g/mol. The monoisotopic (exact) mass is 722 g/mol. The molecule has 11 heteroatoms. The lowest BCUT2D eigenvalue weighted by Gasteiger charge is -2.25. The Bertz CT molecular complexity index is 2260. The van der Waals surface area contributed by atoms with E-state index in [0.29, 0.717) is 61.5 Å². The summed E-state index contributed by atoms with van der Waals surface area (Å²) in [5, 5.41) is 0.528. The van der Waals surface area contributed by atoms with Crippen molar-refractivity contribution in [3.05, 3.63) is 155 Å². The number of esters is 2. The molecule has 0 amide bonds. The summed E-state index contributed by atoms with van der Waals surface area (Å²) in [7, 11) is 0. The van der Waals surface area contributed by atoms with Crippen molar-refractivity contribution in [3.63, 3.8) is 0 Å². The van der Waals surface area contributed by atoms with Crippen LogP contribution in [0.25, 0.3) is 11.8 Å². The average Bonchev–Trinajstić information content (AvgIpc) is 3.45. The van der Waals surface area contributed by atoms with Gasteiger partial charge in [0.15, 0.2) is 16.3 Å². The van der Waals surface area contributed by atoms with Gasteiger partial charge in [-0.3, -0.25) is 9.36 Å². The minimum absolute atomic E-state index is 0.159. The van der Waals surface area contributed by atoms with Crippen molar-refractivity contribution in [2.45, 2.75) is 33.4 Å². The van der Waals surface area contributed by atoms with E-state index in [0.717, 1.165) is 11.1 Å². The van der Waals surface area contributed by atoms with Crippen molar-refractivity contribution >= 4 is 46.6 Å². The number of aromatic nitrogens is 1. The number of rotatable bonds is 12. The van der Waals surface area contributed by atoms with E-state index in [1.54, 1.807) is 67.0 Å². The van der Waals surface area contributed by atoms with Gasteiger partial charge < -0.3 is 18.9 Å². The molecule has 9 nitrogen and oxygen atoms in total. The first-order chi connectivity index (χ1) is 24.8. The van der Waals surface area contributed by atoms with Crippen molar-refractivity contribution in [2.75, 3.05) is 19.8 Å². The smallest absolute Gasteiger partial charge is 0.338 e. The van der Waals surface area contributed by atoms with E-state index in [1.807, 2.05) is 61.5 Å². The fourth-order valence-electron chi connectivity index (χ4n) is 5.67. The zero-order valence-corrected chi connectivity index (χ0v) is 29.8. The molecule has 51 heavy (non-hydrogen) atoms. The third-order valence-corrected chi connectivity index (χ3v) is 9.22. The van der Waals surface area contributed by atoms with Gasteiger partial charge in [0.25, 0.3) is 5.56 Å². The maximum Gasteiger partial charge on any atom is 0.338 e. The number of thiazole rings is 1. The normalized spacial score (nSPS) is 14.0. The van der Waals surface area contributed by atoms with Gasteiger partial charge >= 0.3 is 11.9 Å². The second kappa shape index (κ2) is 16.1. The van der Waals surface area contributed by atoms with E-state index < -0.39 is 12.0 Å². The minimum atomic E-state index is -0.809. The van der Waals surface area contributed by atoms with Gasteiger partial charge in [0, 0.05) is 10.6 Å². The van der Waals surface area contributed by atoms with Crippen molar-refractivity contribution in [1.82, 2.24) is 4.57 Å². The van der Waals surface area contributed by atoms with Crippen LogP contribution >= 0.6 is 22.9 Å². The summed E-state index contributed by atoms with van der Waals surface area (Å²) >= 11 is 7.48. The molecule has 4 aromatic carbocycles. The summed E-state index contributed by atoms with van der Waals surface area (Å²) in [5.41, 5.74) is 3.86. The summed E-state index contributed by atoms with van der Waals surface area (Å²) in [6, 6.07) is 28.1. The highest BCUT2D eigenvalue weighted by Gasteiger charge is 2.35. The molecule has 2 heterocycles. The Hall–Kier alpha value is -5.45. The lowest BCUT2D eigenvalue weighted by atomic mass is 9.93. The molecule has 5 aromatic rings. The van der Waals surface area contributed by atoms with Gasteiger partial charge in [0.05, 0.1) is 47.2 Å². The second-order valence-electron chi connectivity index (χ2n) is 11.3.